The summed E-state index contributed by atoms with van der Waals surface area (Å²) in [6, 6.07) is 0. The third-order valence-corrected chi connectivity index (χ3v) is 4.44. The van der Waals surface area contributed by atoms with Crippen LogP contribution in [-0.4, -0.2) is 23.8 Å². The first-order chi connectivity index (χ1) is 6.62. The molecule has 0 radical (unpaired) electrons. The van der Waals surface area contributed by atoms with Crippen LogP contribution < -0.4 is 0 Å². The Labute approximate surface area is 94.8 Å². The summed E-state index contributed by atoms with van der Waals surface area (Å²) < 4.78 is 10.5. The van der Waals surface area contributed by atoms with Crippen molar-refractivity contribution in [3.05, 3.63) is 0 Å². The Bertz CT molecular complexity index is 202. The van der Waals surface area contributed by atoms with E-state index in [1.54, 1.807) is 0 Å². The highest BCUT2D eigenvalue weighted by molar-refractivity contribution is 6.51. The molecule has 0 spiro atoms. The first kappa shape index (κ1) is 11.0. The van der Waals surface area contributed by atoms with Crippen LogP contribution in [0.3, 0.4) is 0 Å². The maximum absolute atomic E-state index is 6.02. The van der Waals surface area contributed by atoms with Crippen LogP contribution in [0.5, 0.6) is 0 Å². The number of hydrogen-bond acceptors (Lipinski definition) is 2. The van der Waals surface area contributed by atoms with Gasteiger partial charge in [0.25, 0.3) is 0 Å². The first-order valence-corrected chi connectivity index (χ1v) is 5.99. The van der Waals surface area contributed by atoms with Gasteiger partial charge in [0.05, 0.1) is 6.61 Å². The molecule has 0 aromatic rings. The van der Waals surface area contributed by atoms with Crippen LogP contribution in [0.2, 0.25) is 0 Å². The molecule has 0 aromatic heterocycles. The predicted octanol–water partition coefficient (Wildman–Crippen LogP) is 2.97. The van der Waals surface area contributed by atoms with Crippen molar-refractivity contribution < 1.29 is 9.47 Å². The minimum atomic E-state index is -0.561. The van der Waals surface area contributed by atoms with E-state index in [-0.39, 0.29) is 12.2 Å². The van der Waals surface area contributed by atoms with Gasteiger partial charge in [-0.2, -0.15) is 0 Å². The predicted molar refractivity (Wildman–Crippen MR) is 56.6 cm³/mol. The van der Waals surface area contributed by atoms with Gasteiger partial charge in [-0.05, 0) is 25.2 Å². The van der Waals surface area contributed by atoms with E-state index in [9.17, 15) is 0 Å². The lowest BCUT2D eigenvalue weighted by molar-refractivity contribution is -0.165. The summed E-state index contributed by atoms with van der Waals surface area (Å²) in [7, 11) is 0. The van der Waals surface area contributed by atoms with Crippen LogP contribution in [0.4, 0.5) is 0 Å². The van der Waals surface area contributed by atoms with Crippen LogP contribution in [-0.2, 0) is 9.47 Å². The highest BCUT2D eigenvalue weighted by atomic mass is 35.5. The monoisotopic (exact) mass is 238 g/mol. The van der Waals surface area contributed by atoms with Crippen molar-refractivity contribution in [1.29, 1.82) is 0 Å². The molecule has 2 nitrogen and oxygen atoms in total. The van der Waals surface area contributed by atoms with Crippen molar-refractivity contribution in [2.75, 3.05) is 13.2 Å². The third kappa shape index (κ3) is 2.19. The van der Waals surface area contributed by atoms with Gasteiger partial charge in [0, 0.05) is 12.5 Å². The lowest BCUT2D eigenvalue weighted by atomic mass is 10.2. The second-order valence-corrected chi connectivity index (χ2v) is 5.64. The second kappa shape index (κ2) is 4.17. The van der Waals surface area contributed by atoms with Crippen molar-refractivity contribution >= 4 is 23.2 Å². The number of hydrogen-bond donors (Lipinski definition) is 0. The van der Waals surface area contributed by atoms with Crippen molar-refractivity contribution in [1.82, 2.24) is 0 Å². The normalized spacial score (nSPS) is 40.9. The standard InChI is InChI=1S/C10H16Cl2O2/c1-7-8(10(7,11)12)6-14-9-4-2-3-5-13-9/h7-9H,2-6H2,1H3/t7-,8+,9?/m1/s1. The van der Waals surface area contributed by atoms with Gasteiger partial charge in [0.2, 0.25) is 0 Å². The van der Waals surface area contributed by atoms with Crippen LogP contribution in [0.25, 0.3) is 0 Å². The molecule has 1 saturated heterocycles. The molecule has 4 heteroatoms. The molecule has 0 amide bonds. The Kier molecular flexibility index (Phi) is 3.27. The zero-order valence-electron chi connectivity index (χ0n) is 8.34. The van der Waals surface area contributed by atoms with E-state index in [4.69, 9.17) is 32.7 Å². The third-order valence-electron chi connectivity index (χ3n) is 3.20. The van der Waals surface area contributed by atoms with Crippen LogP contribution in [0.15, 0.2) is 0 Å². The number of ether oxygens (including phenoxy) is 2. The van der Waals surface area contributed by atoms with Gasteiger partial charge in [-0.15, -0.1) is 23.2 Å². The molecule has 2 fully saturated rings. The molecule has 1 saturated carbocycles. The van der Waals surface area contributed by atoms with Crippen LogP contribution >= 0.6 is 23.2 Å². The molecular weight excluding hydrogens is 223 g/mol. The maximum atomic E-state index is 6.02. The van der Waals surface area contributed by atoms with E-state index >= 15 is 0 Å². The molecule has 0 bridgehead atoms. The van der Waals surface area contributed by atoms with Gasteiger partial charge in [-0.25, -0.2) is 0 Å². The fourth-order valence-electron chi connectivity index (χ4n) is 1.87. The highest BCUT2D eigenvalue weighted by Gasteiger charge is 2.60. The number of halogens is 2. The molecule has 1 aliphatic carbocycles. The molecule has 1 aliphatic heterocycles. The van der Waals surface area contributed by atoms with Gasteiger partial charge in [0.15, 0.2) is 6.29 Å². The average Bonchev–Trinajstić information content (AvgIpc) is 2.65. The summed E-state index contributed by atoms with van der Waals surface area (Å²) >= 11 is 12.0. The fourth-order valence-corrected chi connectivity index (χ4v) is 2.55. The molecule has 3 atom stereocenters. The van der Waals surface area contributed by atoms with E-state index in [0.29, 0.717) is 12.5 Å². The van der Waals surface area contributed by atoms with E-state index in [1.807, 2.05) is 0 Å². The lowest BCUT2D eigenvalue weighted by Crippen LogP contribution is -2.23. The van der Waals surface area contributed by atoms with Crippen molar-refractivity contribution in [3.8, 4) is 0 Å². The van der Waals surface area contributed by atoms with E-state index in [1.165, 1.54) is 6.42 Å². The molecule has 2 rings (SSSR count). The highest BCUT2D eigenvalue weighted by Crippen LogP contribution is 2.58. The number of rotatable bonds is 3. The molecule has 0 N–H and O–H groups in total. The number of alkyl halides is 2. The van der Waals surface area contributed by atoms with Crippen LogP contribution in [0, 0.1) is 11.8 Å². The minimum absolute atomic E-state index is 0.0271. The van der Waals surface area contributed by atoms with Crippen LogP contribution in [0.1, 0.15) is 26.2 Å². The van der Waals surface area contributed by atoms with E-state index in [2.05, 4.69) is 6.92 Å². The molecule has 2 aliphatic rings. The molecule has 0 aromatic carbocycles. The lowest BCUT2D eigenvalue weighted by Gasteiger charge is -2.22. The van der Waals surface area contributed by atoms with Gasteiger partial charge in [-0.1, -0.05) is 6.92 Å². The minimum Gasteiger partial charge on any atom is -0.353 e. The van der Waals surface area contributed by atoms with E-state index in [0.717, 1.165) is 19.4 Å². The van der Waals surface area contributed by atoms with Crippen molar-refractivity contribution in [2.24, 2.45) is 11.8 Å². The molecule has 1 heterocycles. The smallest absolute Gasteiger partial charge is 0.157 e. The molecule has 14 heavy (non-hydrogen) atoms. The Morgan fingerprint density at radius 3 is 2.64 bits per heavy atom. The summed E-state index contributed by atoms with van der Waals surface area (Å²) in [5.74, 6) is 0.616. The summed E-state index contributed by atoms with van der Waals surface area (Å²) in [5.41, 5.74) is 0. The Hall–Kier alpha value is 0.500. The van der Waals surface area contributed by atoms with Crippen molar-refractivity contribution in [3.63, 3.8) is 0 Å². The van der Waals surface area contributed by atoms with Gasteiger partial charge < -0.3 is 9.47 Å². The zero-order chi connectivity index (χ0) is 10.2. The Balaban J connectivity index is 1.68. The SMILES string of the molecule is C[C@@H]1[C@H](COC2CCCCO2)C1(Cl)Cl. The summed E-state index contributed by atoms with van der Waals surface area (Å²) in [6.45, 7) is 3.49. The maximum Gasteiger partial charge on any atom is 0.157 e. The summed E-state index contributed by atoms with van der Waals surface area (Å²) in [5, 5.41) is 0. The average molecular weight is 239 g/mol. The fraction of sp³-hybridized carbons (Fsp3) is 1.00. The van der Waals surface area contributed by atoms with Gasteiger partial charge in [0.1, 0.15) is 4.33 Å². The Morgan fingerprint density at radius 1 is 1.43 bits per heavy atom. The Morgan fingerprint density at radius 2 is 2.14 bits per heavy atom. The summed E-state index contributed by atoms with van der Waals surface area (Å²) in [6.07, 6.45) is 3.31. The van der Waals surface area contributed by atoms with Gasteiger partial charge in [-0.3, -0.25) is 0 Å². The van der Waals surface area contributed by atoms with Gasteiger partial charge >= 0.3 is 0 Å². The molecular formula is C10H16Cl2O2. The van der Waals surface area contributed by atoms with E-state index < -0.39 is 4.33 Å². The molecule has 1 unspecified atom stereocenters. The quantitative estimate of drug-likeness (QED) is 0.705. The largest absolute Gasteiger partial charge is 0.353 e. The second-order valence-electron chi connectivity index (χ2n) is 4.20. The topological polar surface area (TPSA) is 18.5 Å². The zero-order valence-corrected chi connectivity index (χ0v) is 9.85. The van der Waals surface area contributed by atoms with Crippen molar-refractivity contribution in [2.45, 2.75) is 36.8 Å². The summed E-state index contributed by atoms with van der Waals surface area (Å²) in [4.78, 5) is 0. The molecule has 82 valence electrons. The first-order valence-electron chi connectivity index (χ1n) is 5.23.